The molecule has 2 atom stereocenters. The monoisotopic (exact) mass is 331 g/mol. The van der Waals surface area contributed by atoms with Gasteiger partial charge in [0, 0.05) is 12.8 Å². The van der Waals surface area contributed by atoms with E-state index in [2.05, 4.69) is 12.2 Å². The lowest BCUT2D eigenvalue weighted by Gasteiger charge is -2.37. The molecule has 4 heteroatoms. The quantitative estimate of drug-likeness (QED) is 0.861. The lowest BCUT2D eigenvalue weighted by Crippen LogP contribution is -2.47. The summed E-state index contributed by atoms with van der Waals surface area (Å²) >= 11 is 0. The topological polar surface area (TPSA) is 47.6 Å². The standard InChI is InChI=1S/C20H29NO3/c1-15-6-5-13-20(14-15,23-2)19(22)21-16-9-11-18(12-10-16)24-17-7-3-4-8-17/h9-12,15,17H,3-8,13-14H2,1-2H3,(H,21,22). The van der Waals surface area contributed by atoms with Crippen molar-refractivity contribution >= 4 is 11.6 Å². The van der Waals surface area contributed by atoms with Crippen LogP contribution in [-0.4, -0.2) is 24.7 Å². The first-order valence-electron chi connectivity index (χ1n) is 9.25. The van der Waals surface area contributed by atoms with E-state index in [0.29, 0.717) is 12.0 Å². The highest BCUT2D eigenvalue weighted by Gasteiger charge is 2.41. The average Bonchev–Trinajstić information content (AvgIpc) is 3.09. The minimum atomic E-state index is -0.684. The van der Waals surface area contributed by atoms with Crippen molar-refractivity contribution in [3.63, 3.8) is 0 Å². The van der Waals surface area contributed by atoms with E-state index in [1.54, 1.807) is 7.11 Å². The molecule has 2 unspecified atom stereocenters. The molecule has 0 spiro atoms. The highest BCUT2D eigenvalue weighted by atomic mass is 16.5. The molecule has 2 saturated carbocycles. The molecular formula is C20H29NO3. The van der Waals surface area contributed by atoms with Crippen LogP contribution in [0.1, 0.15) is 58.3 Å². The Labute approximate surface area is 144 Å². The molecule has 0 heterocycles. The fourth-order valence-electron chi connectivity index (χ4n) is 4.05. The first-order valence-corrected chi connectivity index (χ1v) is 9.25. The molecular weight excluding hydrogens is 302 g/mol. The number of rotatable bonds is 5. The van der Waals surface area contributed by atoms with Gasteiger partial charge in [-0.15, -0.1) is 0 Å². The van der Waals surface area contributed by atoms with E-state index >= 15 is 0 Å². The van der Waals surface area contributed by atoms with Crippen LogP contribution < -0.4 is 10.1 Å². The number of benzene rings is 1. The molecule has 2 fully saturated rings. The van der Waals surface area contributed by atoms with E-state index in [9.17, 15) is 4.79 Å². The smallest absolute Gasteiger partial charge is 0.256 e. The van der Waals surface area contributed by atoms with Gasteiger partial charge in [0.2, 0.25) is 0 Å². The second kappa shape index (κ2) is 7.56. The molecule has 0 saturated heterocycles. The lowest BCUT2D eigenvalue weighted by atomic mass is 9.78. The summed E-state index contributed by atoms with van der Waals surface area (Å²) in [6.07, 6.45) is 8.96. The summed E-state index contributed by atoms with van der Waals surface area (Å²) in [6, 6.07) is 7.71. The maximum atomic E-state index is 12.8. The molecule has 0 bridgehead atoms. The van der Waals surface area contributed by atoms with Crippen LogP contribution in [0.5, 0.6) is 5.75 Å². The maximum Gasteiger partial charge on any atom is 0.256 e. The second-order valence-corrected chi connectivity index (χ2v) is 7.40. The fourth-order valence-corrected chi connectivity index (χ4v) is 4.05. The Morgan fingerprint density at radius 2 is 1.83 bits per heavy atom. The third-order valence-electron chi connectivity index (χ3n) is 5.48. The molecule has 2 aliphatic carbocycles. The van der Waals surface area contributed by atoms with Crippen LogP contribution in [0.4, 0.5) is 5.69 Å². The van der Waals surface area contributed by atoms with Crippen LogP contribution in [0.3, 0.4) is 0 Å². The highest BCUT2D eigenvalue weighted by molar-refractivity contribution is 5.97. The third-order valence-corrected chi connectivity index (χ3v) is 5.48. The van der Waals surface area contributed by atoms with Crippen LogP contribution in [0.25, 0.3) is 0 Å². The van der Waals surface area contributed by atoms with E-state index < -0.39 is 5.60 Å². The maximum absolute atomic E-state index is 12.8. The SMILES string of the molecule is COC1(C(=O)Nc2ccc(OC3CCCC3)cc2)CCCC(C)C1. The number of hydrogen-bond donors (Lipinski definition) is 1. The molecule has 0 aromatic heterocycles. The predicted molar refractivity (Wildman–Crippen MR) is 95.3 cm³/mol. The summed E-state index contributed by atoms with van der Waals surface area (Å²) in [6.45, 7) is 2.19. The number of hydrogen-bond acceptors (Lipinski definition) is 3. The third kappa shape index (κ3) is 3.92. The minimum absolute atomic E-state index is 0.0268. The zero-order valence-electron chi connectivity index (χ0n) is 14.8. The Morgan fingerprint density at radius 1 is 1.12 bits per heavy atom. The number of methoxy groups -OCH3 is 1. The van der Waals surface area contributed by atoms with Crippen molar-refractivity contribution in [2.75, 3.05) is 12.4 Å². The van der Waals surface area contributed by atoms with Crippen molar-refractivity contribution in [1.29, 1.82) is 0 Å². The van der Waals surface area contributed by atoms with Gasteiger partial charge in [-0.2, -0.15) is 0 Å². The molecule has 24 heavy (non-hydrogen) atoms. The summed E-state index contributed by atoms with van der Waals surface area (Å²) in [5.74, 6) is 1.38. The van der Waals surface area contributed by atoms with Gasteiger partial charge in [-0.25, -0.2) is 0 Å². The van der Waals surface area contributed by atoms with Gasteiger partial charge in [-0.05, 0) is 75.1 Å². The Bertz CT molecular complexity index is 551. The molecule has 4 nitrogen and oxygen atoms in total. The molecule has 0 radical (unpaired) electrons. The number of nitrogens with one attached hydrogen (secondary N) is 1. The predicted octanol–water partition coefficient (Wildman–Crippen LogP) is 4.54. The van der Waals surface area contributed by atoms with Gasteiger partial charge >= 0.3 is 0 Å². The second-order valence-electron chi connectivity index (χ2n) is 7.40. The molecule has 3 rings (SSSR count). The van der Waals surface area contributed by atoms with Crippen molar-refractivity contribution in [3.8, 4) is 5.75 Å². The number of ether oxygens (including phenoxy) is 2. The van der Waals surface area contributed by atoms with E-state index in [-0.39, 0.29) is 5.91 Å². The van der Waals surface area contributed by atoms with Gasteiger partial charge < -0.3 is 14.8 Å². The van der Waals surface area contributed by atoms with E-state index in [4.69, 9.17) is 9.47 Å². The first-order chi connectivity index (χ1) is 11.6. The average molecular weight is 331 g/mol. The van der Waals surface area contributed by atoms with Crippen molar-refractivity contribution in [1.82, 2.24) is 0 Å². The van der Waals surface area contributed by atoms with Gasteiger partial charge in [0.1, 0.15) is 11.4 Å². The zero-order valence-corrected chi connectivity index (χ0v) is 14.8. The number of amides is 1. The van der Waals surface area contributed by atoms with E-state index in [1.807, 2.05) is 24.3 Å². The summed E-state index contributed by atoms with van der Waals surface area (Å²) in [5.41, 5.74) is 0.116. The van der Waals surface area contributed by atoms with Gasteiger partial charge in [-0.1, -0.05) is 13.3 Å². The van der Waals surface area contributed by atoms with Crippen LogP contribution >= 0.6 is 0 Å². The van der Waals surface area contributed by atoms with Crippen LogP contribution in [0, 0.1) is 5.92 Å². The first kappa shape index (κ1) is 17.3. The Balaban J connectivity index is 1.61. The van der Waals surface area contributed by atoms with Crippen LogP contribution in [0.2, 0.25) is 0 Å². The van der Waals surface area contributed by atoms with E-state index in [0.717, 1.165) is 43.5 Å². The number of anilines is 1. The number of carbonyl (C=O) groups excluding carboxylic acids is 1. The number of carbonyl (C=O) groups is 1. The fraction of sp³-hybridized carbons (Fsp3) is 0.650. The van der Waals surface area contributed by atoms with Gasteiger partial charge in [-0.3, -0.25) is 4.79 Å². The molecule has 132 valence electrons. The highest BCUT2D eigenvalue weighted by Crippen LogP contribution is 2.36. The van der Waals surface area contributed by atoms with Gasteiger partial charge in [0.15, 0.2) is 0 Å². The Morgan fingerprint density at radius 3 is 2.46 bits per heavy atom. The molecule has 1 N–H and O–H groups in total. The Hall–Kier alpha value is -1.55. The molecule has 1 aromatic rings. The zero-order chi connectivity index (χ0) is 17.0. The van der Waals surface area contributed by atoms with Gasteiger partial charge in [0.25, 0.3) is 5.91 Å². The molecule has 0 aliphatic heterocycles. The molecule has 2 aliphatic rings. The van der Waals surface area contributed by atoms with Gasteiger partial charge in [0.05, 0.1) is 6.10 Å². The normalized spacial score (nSPS) is 27.8. The van der Waals surface area contributed by atoms with Crippen LogP contribution in [0.15, 0.2) is 24.3 Å². The van der Waals surface area contributed by atoms with Crippen molar-refractivity contribution in [2.24, 2.45) is 5.92 Å². The minimum Gasteiger partial charge on any atom is -0.490 e. The lowest BCUT2D eigenvalue weighted by molar-refractivity contribution is -0.143. The summed E-state index contributed by atoms with van der Waals surface area (Å²) in [4.78, 5) is 12.8. The largest absolute Gasteiger partial charge is 0.490 e. The summed E-state index contributed by atoms with van der Waals surface area (Å²) < 4.78 is 11.6. The van der Waals surface area contributed by atoms with Crippen LogP contribution in [-0.2, 0) is 9.53 Å². The van der Waals surface area contributed by atoms with Crippen molar-refractivity contribution in [2.45, 2.75) is 70.0 Å². The molecule has 1 amide bonds. The molecule has 1 aromatic carbocycles. The van der Waals surface area contributed by atoms with Crippen molar-refractivity contribution < 1.29 is 14.3 Å². The van der Waals surface area contributed by atoms with E-state index in [1.165, 1.54) is 19.3 Å². The summed E-state index contributed by atoms with van der Waals surface area (Å²) in [5, 5.41) is 3.03. The summed E-state index contributed by atoms with van der Waals surface area (Å²) in [7, 11) is 1.65. The van der Waals surface area contributed by atoms with Crippen molar-refractivity contribution in [3.05, 3.63) is 24.3 Å². The Kier molecular flexibility index (Phi) is 5.44.